The monoisotopic (exact) mass is 209 g/mol. The third kappa shape index (κ3) is 2.03. The van der Waals surface area contributed by atoms with Crippen LogP contribution in [-0.4, -0.2) is 6.04 Å². The van der Waals surface area contributed by atoms with Crippen LogP contribution in [0.25, 0.3) is 0 Å². The third-order valence-corrected chi connectivity index (χ3v) is 3.53. The summed E-state index contributed by atoms with van der Waals surface area (Å²) >= 11 is 5.92. The van der Waals surface area contributed by atoms with Crippen LogP contribution in [0.1, 0.15) is 26.7 Å². The van der Waals surface area contributed by atoms with Gasteiger partial charge in [-0.2, -0.15) is 0 Å². The van der Waals surface area contributed by atoms with E-state index < -0.39 is 0 Å². The van der Waals surface area contributed by atoms with E-state index in [1.165, 1.54) is 12.8 Å². The molecule has 2 rings (SSSR count). The van der Waals surface area contributed by atoms with Crippen LogP contribution in [0, 0.1) is 5.41 Å². The molecular formula is C12H16ClN. The van der Waals surface area contributed by atoms with Crippen molar-refractivity contribution in [2.45, 2.75) is 32.7 Å². The van der Waals surface area contributed by atoms with Gasteiger partial charge in [-0.15, -0.1) is 0 Å². The summed E-state index contributed by atoms with van der Waals surface area (Å²) < 4.78 is 0. The molecule has 0 spiro atoms. The topological polar surface area (TPSA) is 12.0 Å². The molecule has 0 saturated heterocycles. The van der Waals surface area contributed by atoms with Gasteiger partial charge in [0.1, 0.15) is 0 Å². The van der Waals surface area contributed by atoms with Crippen molar-refractivity contribution in [2.24, 2.45) is 5.41 Å². The summed E-state index contributed by atoms with van der Waals surface area (Å²) in [5.74, 6) is 0. The summed E-state index contributed by atoms with van der Waals surface area (Å²) in [6.07, 6.45) is 2.67. The normalized spacial score (nSPS) is 20.2. The SMILES string of the molecule is CC(Nc1cccc(Cl)c1)C1(C)CC1. The van der Waals surface area contributed by atoms with E-state index in [4.69, 9.17) is 11.6 Å². The quantitative estimate of drug-likeness (QED) is 0.795. The molecule has 1 unspecified atom stereocenters. The fourth-order valence-electron chi connectivity index (χ4n) is 1.63. The van der Waals surface area contributed by atoms with Gasteiger partial charge in [-0.3, -0.25) is 0 Å². The van der Waals surface area contributed by atoms with E-state index in [1.54, 1.807) is 0 Å². The van der Waals surface area contributed by atoms with Crippen LogP contribution in [0.3, 0.4) is 0 Å². The number of halogens is 1. The van der Waals surface area contributed by atoms with E-state index in [0.717, 1.165) is 10.7 Å². The first-order valence-electron chi connectivity index (χ1n) is 5.12. The number of hydrogen-bond acceptors (Lipinski definition) is 1. The maximum absolute atomic E-state index is 5.92. The maximum atomic E-state index is 5.92. The zero-order valence-corrected chi connectivity index (χ0v) is 9.43. The van der Waals surface area contributed by atoms with Gasteiger partial charge in [0, 0.05) is 16.8 Å². The zero-order valence-electron chi connectivity index (χ0n) is 8.68. The molecule has 0 heterocycles. The van der Waals surface area contributed by atoms with Crippen molar-refractivity contribution >= 4 is 17.3 Å². The van der Waals surface area contributed by atoms with E-state index in [0.29, 0.717) is 11.5 Å². The third-order valence-electron chi connectivity index (χ3n) is 3.29. The highest BCUT2D eigenvalue weighted by Crippen LogP contribution is 2.48. The Balaban J connectivity index is 2.03. The van der Waals surface area contributed by atoms with Crippen molar-refractivity contribution in [3.63, 3.8) is 0 Å². The lowest BCUT2D eigenvalue weighted by Crippen LogP contribution is -2.24. The second-order valence-electron chi connectivity index (χ2n) is 4.53. The minimum absolute atomic E-state index is 0.502. The van der Waals surface area contributed by atoms with Crippen molar-refractivity contribution < 1.29 is 0 Å². The first kappa shape index (κ1) is 9.85. The average Bonchev–Trinajstić information content (AvgIpc) is 2.85. The van der Waals surface area contributed by atoms with E-state index >= 15 is 0 Å². The van der Waals surface area contributed by atoms with Crippen molar-refractivity contribution in [1.29, 1.82) is 0 Å². The van der Waals surface area contributed by atoms with E-state index in [9.17, 15) is 0 Å². The van der Waals surface area contributed by atoms with Crippen LogP contribution >= 0.6 is 11.6 Å². The lowest BCUT2D eigenvalue weighted by molar-refractivity contribution is 0.493. The Morgan fingerprint density at radius 1 is 1.43 bits per heavy atom. The Morgan fingerprint density at radius 2 is 2.14 bits per heavy atom. The number of hydrogen-bond donors (Lipinski definition) is 1. The summed E-state index contributed by atoms with van der Waals surface area (Å²) in [7, 11) is 0. The Hall–Kier alpha value is -0.690. The summed E-state index contributed by atoms with van der Waals surface area (Å²) in [5.41, 5.74) is 1.63. The summed E-state index contributed by atoms with van der Waals surface area (Å²) in [6.45, 7) is 4.57. The fraction of sp³-hybridized carbons (Fsp3) is 0.500. The minimum atomic E-state index is 0.502. The van der Waals surface area contributed by atoms with E-state index in [-0.39, 0.29) is 0 Å². The molecule has 1 aliphatic carbocycles. The number of benzene rings is 1. The summed E-state index contributed by atoms with van der Waals surface area (Å²) in [6, 6.07) is 8.45. The second kappa shape index (κ2) is 3.47. The van der Waals surface area contributed by atoms with Crippen molar-refractivity contribution in [3.05, 3.63) is 29.3 Å². The Morgan fingerprint density at radius 3 is 2.71 bits per heavy atom. The van der Waals surface area contributed by atoms with Crippen molar-refractivity contribution in [1.82, 2.24) is 0 Å². The van der Waals surface area contributed by atoms with E-state index in [2.05, 4.69) is 25.2 Å². The molecule has 1 atom stereocenters. The standard InChI is InChI=1S/C12H16ClN/c1-9(12(2)6-7-12)14-11-5-3-4-10(13)8-11/h3-5,8-9,14H,6-7H2,1-2H3. The highest BCUT2D eigenvalue weighted by Gasteiger charge is 2.42. The zero-order chi connectivity index (χ0) is 10.2. The van der Waals surface area contributed by atoms with Gasteiger partial charge in [0.15, 0.2) is 0 Å². The predicted molar refractivity (Wildman–Crippen MR) is 61.9 cm³/mol. The first-order chi connectivity index (χ1) is 6.60. The molecule has 14 heavy (non-hydrogen) atoms. The highest BCUT2D eigenvalue weighted by atomic mass is 35.5. The fourth-order valence-corrected chi connectivity index (χ4v) is 1.82. The molecule has 1 N–H and O–H groups in total. The van der Waals surface area contributed by atoms with Gasteiger partial charge in [-0.25, -0.2) is 0 Å². The summed E-state index contributed by atoms with van der Waals surface area (Å²) in [4.78, 5) is 0. The van der Waals surface area contributed by atoms with Gasteiger partial charge in [-0.05, 0) is 43.4 Å². The smallest absolute Gasteiger partial charge is 0.0426 e. The summed E-state index contributed by atoms with van der Waals surface area (Å²) in [5, 5.41) is 4.30. The van der Waals surface area contributed by atoms with Crippen LogP contribution in [0.2, 0.25) is 5.02 Å². The lowest BCUT2D eigenvalue weighted by Gasteiger charge is -2.21. The molecule has 1 nitrogen and oxygen atoms in total. The average molecular weight is 210 g/mol. The van der Waals surface area contributed by atoms with Crippen LogP contribution in [-0.2, 0) is 0 Å². The van der Waals surface area contributed by atoms with Crippen molar-refractivity contribution in [3.8, 4) is 0 Å². The maximum Gasteiger partial charge on any atom is 0.0426 e. The van der Waals surface area contributed by atoms with Gasteiger partial charge >= 0.3 is 0 Å². The molecule has 0 amide bonds. The molecule has 0 bridgehead atoms. The van der Waals surface area contributed by atoms with Gasteiger partial charge in [-0.1, -0.05) is 24.6 Å². The van der Waals surface area contributed by atoms with E-state index in [1.807, 2.05) is 18.2 Å². The van der Waals surface area contributed by atoms with Crippen LogP contribution < -0.4 is 5.32 Å². The number of anilines is 1. The second-order valence-corrected chi connectivity index (χ2v) is 4.97. The molecule has 0 aromatic heterocycles. The molecule has 2 heteroatoms. The minimum Gasteiger partial charge on any atom is -0.382 e. The molecule has 1 aromatic carbocycles. The molecule has 0 aliphatic heterocycles. The van der Waals surface area contributed by atoms with Crippen LogP contribution in [0.15, 0.2) is 24.3 Å². The predicted octanol–water partition coefficient (Wildman–Crippen LogP) is 3.94. The molecular weight excluding hydrogens is 194 g/mol. The van der Waals surface area contributed by atoms with Gasteiger partial charge in [0.2, 0.25) is 0 Å². The van der Waals surface area contributed by atoms with Gasteiger partial charge in [0.05, 0.1) is 0 Å². The Bertz CT molecular complexity index is 331. The molecule has 1 aliphatic rings. The van der Waals surface area contributed by atoms with Gasteiger partial charge in [0.25, 0.3) is 0 Å². The Labute approximate surface area is 90.5 Å². The van der Waals surface area contributed by atoms with Crippen LogP contribution in [0.5, 0.6) is 0 Å². The van der Waals surface area contributed by atoms with Gasteiger partial charge < -0.3 is 5.32 Å². The molecule has 0 radical (unpaired) electrons. The molecule has 76 valence electrons. The van der Waals surface area contributed by atoms with Crippen molar-refractivity contribution in [2.75, 3.05) is 5.32 Å². The highest BCUT2D eigenvalue weighted by molar-refractivity contribution is 6.30. The number of rotatable bonds is 3. The lowest BCUT2D eigenvalue weighted by atomic mass is 10.0. The molecule has 1 saturated carbocycles. The largest absolute Gasteiger partial charge is 0.382 e. The Kier molecular flexibility index (Phi) is 2.44. The first-order valence-corrected chi connectivity index (χ1v) is 5.50. The molecule has 1 fully saturated rings. The number of nitrogens with one attached hydrogen (secondary N) is 1. The van der Waals surface area contributed by atoms with Crippen LogP contribution in [0.4, 0.5) is 5.69 Å². The molecule has 1 aromatic rings.